The van der Waals surface area contributed by atoms with Gasteiger partial charge in [0, 0.05) is 33.8 Å². The Morgan fingerprint density at radius 3 is 1.85 bits per heavy atom. The molecule has 4 heterocycles. The minimum Gasteiger partial charge on any atom is -0.298 e. The Hall–Kier alpha value is -6.46. The lowest BCUT2D eigenvalue weighted by atomic mass is 10.0. The molecule has 0 aliphatic carbocycles. The van der Waals surface area contributed by atoms with E-state index in [2.05, 4.69) is 108 Å². The Kier molecular flexibility index (Phi) is 6.39. The molecule has 0 aliphatic rings. The molecule has 5 nitrogen and oxygen atoms in total. The molecule has 47 heavy (non-hydrogen) atoms. The molecule has 0 amide bonds. The van der Waals surface area contributed by atoms with E-state index in [1.54, 1.807) is 0 Å². The van der Waals surface area contributed by atoms with Crippen molar-refractivity contribution in [2.24, 2.45) is 0 Å². The number of hydrogen-bond donors (Lipinski definition) is 0. The van der Waals surface area contributed by atoms with Crippen molar-refractivity contribution >= 4 is 27.6 Å². The van der Waals surface area contributed by atoms with Crippen LogP contribution in [0.25, 0.3) is 83.9 Å². The van der Waals surface area contributed by atoms with Crippen LogP contribution >= 0.6 is 0 Å². The molecular weight excluding hydrogens is 574 g/mol. The minimum atomic E-state index is 0.671. The first-order valence-corrected chi connectivity index (χ1v) is 15.7. The van der Waals surface area contributed by atoms with Crippen LogP contribution in [0, 0.1) is 0 Å². The number of pyridine rings is 2. The summed E-state index contributed by atoms with van der Waals surface area (Å²) in [5.41, 5.74) is 12.7. The first kappa shape index (κ1) is 26.9. The zero-order valence-corrected chi connectivity index (χ0v) is 25.3. The summed E-state index contributed by atoms with van der Waals surface area (Å²) in [6.07, 6.45) is 2.05. The summed E-state index contributed by atoms with van der Waals surface area (Å²) < 4.78 is 2.13. The van der Waals surface area contributed by atoms with E-state index in [4.69, 9.17) is 19.9 Å². The quantitative estimate of drug-likeness (QED) is 0.197. The smallest absolute Gasteiger partial charge is 0.160 e. The van der Waals surface area contributed by atoms with E-state index < -0.39 is 0 Å². The van der Waals surface area contributed by atoms with Gasteiger partial charge in [-0.2, -0.15) is 0 Å². The highest BCUT2D eigenvalue weighted by molar-refractivity contribution is 6.09. The van der Waals surface area contributed by atoms with Gasteiger partial charge in [-0.25, -0.2) is 19.9 Å². The number of benzene rings is 5. The zero-order valence-electron chi connectivity index (χ0n) is 25.3. The predicted molar refractivity (Wildman–Crippen MR) is 191 cm³/mol. The highest BCUT2D eigenvalue weighted by Gasteiger charge is 2.17. The molecule has 9 rings (SSSR count). The second-order valence-corrected chi connectivity index (χ2v) is 11.6. The van der Waals surface area contributed by atoms with Gasteiger partial charge in [0.2, 0.25) is 0 Å². The highest BCUT2D eigenvalue weighted by atomic mass is 15.0. The predicted octanol–water partition coefficient (Wildman–Crippen LogP) is 10.2. The van der Waals surface area contributed by atoms with Crippen LogP contribution in [0.3, 0.4) is 0 Å². The molecule has 0 aliphatic heterocycles. The number of fused-ring (bicyclic) bond motifs is 5. The summed E-state index contributed by atoms with van der Waals surface area (Å²) in [5, 5.41) is 1.04. The van der Waals surface area contributed by atoms with Crippen LogP contribution in [0.5, 0.6) is 0 Å². The van der Waals surface area contributed by atoms with Crippen LogP contribution in [0.2, 0.25) is 0 Å². The van der Waals surface area contributed by atoms with Crippen molar-refractivity contribution < 1.29 is 0 Å². The fourth-order valence-electron chi connectivity index (χ4n) is 6.30. The number of rotatable bonds is 5. The second kappa shape index (κ2) is 11.2. The summed E-state index contributed by atoms with van der Waals surface area (Å²) in [7, 11) is 0. The molecule has 0 radical (unpaired) electrons. The molecular formula is C42H27N5. The summed E-state index contributed by atoms with van der Waals surface area (Å²) in [6.45, 7) is 0. The number of hydrogen-bond acceptors (Lipinski definition) is 4. The maximum atomic E-state index is 5.15. The molecule has 4 aromatic heterocycles. The van der Waals surface area contributed by atoms with Crippen molar-refractivity contribution in [2.45, 2.75) is 0 Å². The number of aromatic nitrogens is 5. The van der Waals surface area contributed by atoms with E-state index in [0.717, 1.165) is 72.5 Å². The zero-order chi connectivity index (χ0) is 31.2. The Labute approximate surface area is 271 Å². The lowest BCUT2D eigenvalue weighted by Gasteiger charge is -2.11. The van der Waals surface area contributed by atoms with Crippen LogP contribution in [-0.4, -0.2) is 24.3 Å². The number of para-hydroxylation sites is 1. The van der Waals surface area contributed by atoms with Crippen molar-refractivity contribution in [1.82, 2.24) is 24.3 Å². The van der Waals surface area contributed by atoms with Gasteiger partial charge in [-0.15, -0.1) is 0 Å². The molecule has 0 N–H and O–H groups in total. The summed E-state index contributed by atoms with van der Waals surface area (Å²) in [5.74, 6) is 0.671. The molecule has 0 bridgehead atoms. The molecule has 0 saturated carbocycles. The Morgan fingerprint density at radius 1 is 0.404 bits per heavy atom. The third-order valence-electron chi connectivity index (χ3n) is 8.62. The van der Waals surface area contributed by atoms with E-state index in [0.29, 0.717) is 5.82 Å². The first-order chi connectivity index (χ1) is 23.3. The largest absolute Gasteiger partial charge is 0.298 e. The average Bonchev–Trinajstić information content (AvgIpc) is 3.55. The maximum absolute atomic E-state index is 5.15. The molecule has 0 atom stereocenters. The standard InChI is InChI=1S/C42H27N5/c1-3-12-28(13-4-1)32-16-11-17-33(26-32)37-27-36(29-14-5-2-6-15-29)44-42(45-37)31-23-21-30(22-24-31)39-41-40(34-18-7-8-19-35(34)43-39)46-38-20-9-10-25-47(38)41/h1-27H. The Balaban J connectivity index is 1.18. The first-order valence-electron chi connectivity index (χ1n) is 15.7. The van der Waals surface area contributed by atoms with E-state index in [9.17, 15) is 0 Å². The molecule has 0 fully saturated rings. The van der Waals surface area contributed by atoms with Crippen LogP contribution in [-0.2, 0) is 0 Å². The molecule has 9 aromatic rings. The molecule has 5 heteroatoms. The highest BCUT2D eigenvalue weighted by Crippen LogP contribution is 2.35. The Bertz CT molecular complexity index is 2550. The van der Waals surface area contributed by atoms with Crippen molar-refractivity contribution in [2.75, 3.05) is 0 Å². The van der Waals surface area contributed by atoms with E-state index in [-0.39, 0.29) is 0 Å². The molecule has 0 spiro atoms. The normalized spacial score (nSPS) is 11.4. The number of imidazole rings is 1. The van der Waals surface area contributed by atoms with Crippen LogP contribution in [0.4, 0.5) is 0 Å². The number of nitrogens with zero attached hydrogens (tertiary/aromatic N) is 5. The second-order valence-electron chi connectivity index (χ2n) is 11.6. The summed E-state index contributed by atoms with van der Waals surface area (Å²) >= 11 is 0. The van der Waals surface area contributed by atoms with Gasteiger partial charge in [0.1, 0.15) is 11.2 Å². The van der Waals surface area contributed by atoms with Gasteiger partial charge >= 0.3 is 0 Å². The van der Waals surface area contributed by atoms with Crippen molar-refractivity contribution in [3.63, 3.8) is 0 Å². The Morgan fingerprint density at radius 2 is 1.04 bits per heavy atom. The van der Waals surface area contributed by atoms with Gasteiger partial charge in [0.25, 0.3) is 0 Å². The van der Waals surface area contributed by atoms with Crippen LogP contribution < -0.4 is 0 Å². The van der Waals surface area contributed by atoms with Crippen LogP contribution in [0.15, 0.2) is 164 Å². The molecule has 5 aromatic carbocycles. The van der Waals surface area contributed by atoms with Gasteiger partial charge in [0.05, 0.1) is 28.1 Å². The molecule has 0 unspecified atom stereocenters. The molecule has 0 saturated heterocycles. The lowest BCUT2D eigenvalue weighted by Crippen LogP contribution is -1.96. The van der Waals surface area contributed by atoms with Gasteiger partial charge in [-0.05, 0) is 41.5 Å². The van der Waals surface area contributed by atoms with Crippen molar-refractivity contribution in [3.8, 4) is 56.3 Å². The third kappa shape index (κ3) is 4.82. The summed E-state index contributed by atoms with van der Waals surface area (Å²) in [4.78, 5) is 20.3. The van der Waals surface area contributed by atoms with E-state index in [1.807, 2.05) is 60.7 Å². The van der Waals surface area contributed by atoms with Gasteiger partial charge in [0.15, 0.2) is 5.82 Å². The van der Waals surface area contributed by atoms with E-state index >= 15 is 0 Å². The summed E-state index contributed by atoms with van der Waals surface area (Å²) in [6, 6.07) is 54.0. The molecule has 220 valence electrons. The fraction of sp³-hybridized carbons (Fsp3) is 0. The van der Waals surface area contributed by atoms with Gasteiger partial charge in [-0.1, -0.05) is 127 Å². The topological polar surface area (TPSA) is 56.0 Å². The SMILES string of the molecule is c1ccc(-c2cccc(-c3cc(-c4ccccc4)nc(-c4ccc(-c5nc6ccccc6c6nc7ccccn7c56)cc4)n3)c2)cc1. The fourth-order valence-corrected chi connectivity index (χ4v) is 6.30. The lowest BCUT2D eigenvalue weighted by molar-refractivity contribution is 1.18. The minimum absolute atomic E-state index is 0.671. The van der Waals surface area contributed by atoms with Gasteiger partial charge in [-0.3, -0.25) is 4.40 Å². The maximum Gasteiger partial charge on any atom is 0.160 e. The monoisotopic (exact) mass is 601 g/mol. The van der Waals surface area contributed by atoms with Crippen molar-refractivity contribution in [3.05, 3.63) is 164 Å². The average molecular weight is 602 g/mol. The van der Waals surface area contributed by atoms with E-state index in [1.165, 1.54) is 5.56 Å². The van der Waals surface area contributed by atoms with Crippen LogP contribution in [0.1, 0.15) is 0 Å². The third-order valence-corrected chi connectivity index (χ3v) is 8.62. The van der Waals surface area contributed by atoms with Crippen molar-refractivity contribution in [1.29, 1.82) is 0 Å². The van der Waals surface area contributed by atoms with Gasteiger partial charge < -0.3 is 0 Å².